The Morgan fingerprint density at radius 3 is 2.64 bits per heavy atom. The van der Waals surface area contributed by atoms with Crippen LogP contribution in [0.4, 0.5) is 0 Å². The highest BCUT2D eigenvalue weighted by atomic mass is 32.2. The van der Waals surface area contributed by atoms with Gasteiger partial charge in [0.05, 0.1) is 0 Å². The molecule has 1 saturated carbocycles. The summed E-state index contributed by atoms with van der Waals surface area (Å²) < 4.78 is 0. The van der Waals surface area contributed by atoms with E-state index in [2.05, 4.69) is 6.26 Å². The van der Waals surface area contributed by atoms with Crippen molar-refractivity contribution in [2.45, 2.75) is 32.1 Å². The van der Waals surface area contributed by atoms with Crippen LogP contribution in [0.3, 0.4) is 0 Å². The molecule has 1 unspecified atom stereocenters. The van der Waals surface area contributed by atoms with Crippen LogP contribution in [-0.4, -0.2) is 30.3 Å². The average molecular weight is 217 g/mol. The van der Waals surface area contributed by atoms with Crippen molar-refractivity contribution in [3.63, 3.8) is 0 Å². The fourth-order valence-corrected chi connectivity index (χ4v) is 2.45. The molecule has 1 rings (SSSR count). The first-order valence-electron chi connectivity index (χ1n) is 5.56. The van der Waals surface area contributed by atoms with E-state index in [-0.39, 0.29) is 12.0 Å². The van der Waals surface area contributed by atoms with Crippen molar-refractivity contribution in [1.82, 2.24) is 0 Å². The minimum Gasteiger partial charge on any atom is -0.396 e. The molecule has 0 aromatic rings. The second-order valence-corrected chi connectivity index (χ2v) is 5.59. The van der Waals surface area contributed by atoms with Crippen LogP contribution in [-0.2, 0) is 0 Å². The number of thioether (sulfide) groups is 1. The first-order chi connectivity index (χ1) is 6.76. The summed E-state index contributed by atoms with van der Waals surface area (Å²) in [6, 6.07) is 0. The zero-order valence-electron chi connectivity index (χ0n) is 9.17. The van der Waals surface area contributed by atoms with Crippen LogP contribution >= 0.6 is 11.8 Å². The Balaban J connectivity index is 2.32. The maximum absolute atomic E-state index is 9.47. The number of hydrogen-bond donors (Lipinski definition) is 2. The molecular weight excluding hydrogens is 194 g/mol. The van der Waals surface area contributed by atoms with Gasteiger partial charge < -0.3 is 10.8 Å². The molecule has 0 aliphatic heterocycles. The van der Waals surface area contributed by atoms with Gasteiger partial charge in [-0.15, -0.1) is 0 Å². The van der Waals surface area contributed by atoms with Crippen LogP contribution in [0.2, 0.25) is 0 Å². The highest BCUT2D eigenvalue weighted by Gasteiger charge is 2.35. The van der Waals surface area contributed by atoms with Gasteiger partial charge in [-0.05, 0) is 37.2 Å². The summed E-state index contributed by atoms with van der Waals surface area (Å²) in [5.74, 6) is 2.05. The van der Waals surface area contributed by atoms with Gasteiger partial charge in [0.2, 0.25) is 0 Å². The summed E-state index contributed by atoms with van der Waals surface area (Å²) in [5.41, 5.74) is 5.85. The first kappa shape index (κ1) is 12.3. The van der Waals surface area contributed by atoms with Gasteiger partial charge in [0.25, 0.3) is 0 Å². The lowest BCUT2D eigenvalue weighted by Gasteiger charge is -2.30. The van der Waals surface area contributed by atoms with Crippen LogP contribution in [0.25, 0.3) is 0 Å². The molecule has 0 saturated heterocycles. The van der Waals surface area contributed by atoms with Crippen molar-refractivity contribution in [2.24, 2.45) is 17.1 Å². The van der Waals surface area contributed by atoms with Crippen molar-refractivity contribution < 1.29 is 5.11 Å². The summed E-state index contributed by atoms with van der Waals surface area (Å²) in [4.78, 5) is 0. The summed E-state index contributed by atoms with van der Waals surface area (Å²) in [6.45, 7) is 0.919. The van der Waals surface area contributed by atoms with Gasteiger partial charge in [0, 0.05) is 18.6 Å². The quantitative estimate of drug-likeness (QED) is 0.610. The van der Waals surface area contributed by atoms with E-state index < -0.39 is 0 Å². The number of rotatable bonds is 8. The number of hydrogen-bond acceptors (Lipinski definition) is 3. The van der Waals surface area contributed by atoms with E-state index in [1.54, 1.807) is 0 Å². The molecule has 1 aliphatic carbocycles. The Bertz CT molecular complexity index is 155. The third-order valence-electron chi connectivity index (χ3n) is 3.24. The van der Waals surface area contributed by atoms with E-state index in [4.69, 9.17) is 5.73 Å². The Labute approximate surface area is 91.6 Å². The molecule has 2 nitrogen and oxygen atoms in total. The lowest BCUT2D eigenvalue weighted by Crippen LogP contribution is -2.35. The molecule has 1 aliphatic rings. The number of aliphatic hydroxyl groups is 1. The lowest BCUT2D eigenvalue weighted by atomic mass is 9.79. The normalized spacial score (nSPS) is 20.8. The Kier molecular flexibility index (Phi) is 5.28. The van der Waals surface area contributed by atoms with Crippen molar-refractivity contribution in [2.75, 3.05) is 25.2 Å². The number of aliphatic hydroxyl groups excluding tert-OH is 1. The van der Waals surface area contributed by atoms with E-state index in [1.165, 1.54) is 25.0 Å². The third-order valence-corrected chi connectivity index (χ3v) is 3.94. The molecular formula is C11H23NOS. The standard InChI is InChI=1S/C11H23NOS/c1-14-6-2-5-11(8-12,9-13)7-10-3-4-10/h10,13H,2-9,12H2,1H3. The predicted octanol–water partition coefficient (Wildman–Crippen LogP) is 1.87. The monoisotopic (exact) mass is 217 g/mol. The molecule has 84 valence electrons. The minimum absolute atomic E-state index is 0.0386. The zero-order chi connectivity index (χ0) is 10.4. The molecule has 0 radical (unpaired) electrons. The lowest BCUT2D eigenvalue weighted by molar-refractivity contribution is 0.106. The van der Waals surface area contributed by atoms with Gasteiger partial charge in [-0.2, -0.15) is 11.8 Å². The Hall–Kier alpha value is 0.270. The van der Waals surface area contributed by atoms with Gasteiger partial charge >= 0.3 is 0 Å². The molecule has 0 spiro atoms. The average Bonchev–Trinajstić information content (AvgIpc) is 3.00. The topological polar surface area (TPSA) is 46.2 Å². The van der Waals surface area contributed by atoms with Gasteiger partial charge in [-0.1, -0.05) is 12.8 Å². The second-order valence-electron chi connectivity index (χ2n) is 4.61. The van der Waals surface area contributed by atoms with Gasteiger partial charge in [-0.25, -0.2) is 0 Å². The SMILES string of the molecule is CSCCCC(CN)(CO)CC1CC1. The van der Waals surface area contributed by atoms with Crippen LogP contribution < -0.4 is 5.73 Å². The van der Waals surface area contributed by atoms with Crippen molar-refractivity contribution >= 4 is 11.8 Å². The van der Waals surface area contributed by atoms with E-state index in [0.29, 0.717) is 6.54 Å². The van der Waals surface area contributed by atoms with Crippen molar-refractivity contribution in [1.29, 1.82) is 0 Å². The predicted molar refractivity (Wildman–Crippen MR) is 63.5 cm³/mol. The zero-order valence-corrected chi connectivity index (χ0v) is 9.98. The number of nitrogens with two attached hydrogens (primary N) is 1. The van der Waals surface area contributed by atoms with E-state index in [9.17, 15) is 5.11 Å². The first-order valence-corrected chi connectivity index (χ1v) is 6.95. The molecule has 14 heavy (non-hydrogen) atoms. The highest BCUT2D eigenvalue weighted by molar-refractivity contribution is 7.98. The fourth-order valence-electron chi connectivity index (χ4n) is 2.02. The summed E-state index contributed by atoms with van der Waals surface area (Å²) >= 11 is 1.88. The summed E-state index contributed by atoms with van der Waals surface area (Å²) in [5, 5.41) is 9.47. The van der Waals surface area contributed by atoms with Crippen LogP contribution in [0.15, 0.2) is 0 Å². The second kappa shape index (κ2) is 5.99. The Morgan fingerprint density at radius 1 is 1.50 bits per heavy atom. The largest absolute Gasteiger partial charge is 0.396 e. The minimum atomic E-state index is 0.0386. The molecule has 0 heterocycles. The molecule has 0 amide bonds. The van der Waals surface area contributed by atoms with Crippen LogP contribution in [0.1, 0.15) is 32.1 Å². The van der Waals surface area contributed by atoms with Gasteiger partial charge in [0.1, 0.15) is 0 Å². The van der Waals surface area contributed by atoms with E-state index in [0.717, 1.165) is 18.8 Å². The third kappa shape index (κ3) is 3.79. The van der Waals surface area contributed by atoms with Gasteiger partial charge in [-0.3, -0.25) is 0 Å². The molecule has 1 fully saturated rings. The molecule has 3 N–H and O–H groups in total. The van der Waals surface area contributed by atoms with E-state index >= 15 is 0 Å². The summed E-state index contributed by atoms with van der Waals surface area (Å²) in [7, 11) is 0. The summed E-state index contributed by atoms with van der Waals surface area (Å²) in [6.07, 6.45) is 8.26. The smallest absolute Gasteiger partial charge is 0.0499 e. The highest BCUT2D eigenvalue weighted by Crippen LogP contribution is 2.42. The maximum Gasteiger partial charge on any atom is 0.0499 e. The Morgan fingerprint density at radius 2 is 2.21 bits per heavy atom. The molecule has 0 bridgehead atoms. The van der Waals surface area contributed by atoms with Crippen LogP contribution in [0, 0.1) is 11.3 Å². The molecule has 1 atom stereocenters. The molecule has 0 aromatic heterocycles. The maximum atomic E-state index is 9.47. The van der Waals surface area contributed by atoms with Gasteiger partial charge in [0.15, 0.2) is 0 Å². The molecule has 3 heteroatoms. The van der Waals surface area contributed by atoms with Crippen molar-refractivity contribution in [3.8, 4) is 0 Å². The van der Waals surface area contributed by atoms with Crippen molar-refractivity contribution in [3.05, 3.63) is 0 Å². The molecule has 0 aromatic carbocycles. The fraction of sp³-hybridized carbons (Fsp3) is 1.00. The van der Waals surface area contributed by atoms with E-state index in [1.807, 2.05) is 11.8 Å². The van der Waals surface area contributed by atoms with Crippen LogP contribution in [0.5, 0.6) is 0 Å².